The maximum absolute atomic E-state index is 12.9. The van der Waals surface area contributed by atoms with Crippen molar-refractivity contribution < 1.29 is 22.8 Å². The lowest BCUT2D eigenvalue weighted by Crippen LogP contribution is -2.51. The molecule has 144 valence electrons. The molecule has 0 bridgehead atoms. The van der Waals surface area contributed by atoms with Crippen molar-refractivity contribution in [1.82, 2.24) is 5.32 Å². The average molecular weight is 379 g/mol. The Kier molecular flexibility index (Phi) is 5.13. The van der Waals surface area contributed by atoms with Gasteiger partial charge >= 0.3 is 6.18 Å². The summed E-state index contributed by atoms with van der Waals surface area (Å²) >= 11 is 0. The first-order chi connectivity index (χ1) is 12.7. The number of rotatable bonds is 3. The molecule has 1 aromatic carbocycles. The van der Waals surface area contributed by atoms with E-state index < -0.39 is 29.1 Å². The summed E-state index contributed by atoms with van der Waals surface area (Å²) < 4.78 is 38.7. The third-order valence-electron chi connectivity index (χ3n) is 5.26. The van der Waals surface area contributed by atoms with E-state index in [0.717, 1.165) is 31.4 Å². The molecule has 2 fully saturated rings. The van der Waals surface area contributed by atoms with E-state index in [1.54, 1.807) is 0 Å². The zero-order chi connectivity index (χ0) is 19.7. The molecule has 1 N–H and O–H groups in total. The summed E-state index contributed by atoms with van der Waals surface area (Å²) in [6, 6.07) is 6.71. The van der Waals surface area contributed by atoms with Crippen molar-refractivity contribution in [3.63, 3.8) is 0 Å². The topological polar surface area (TPSA) is 73.2 Å². The highest BCUT2D eigenvalue weighted by Gasteiger charge is 2.40. The Bertz CT molecular complexity index is 779. The number of hydrogen-bond donors (Lipinski definition) is 1. The number of benzene rings is 1. The molecule has 1 aromatic rings. The van der Waals surface area contributed by atoms with Crippen LogP contribution in [0.25, 0.3) is 0 Å². The predicted molar refractivity (Wildman–Crippen MR) is 91.5 cm³/mol. The van der Waals surface area contributed by atoms with E-state index in [9.17, 15) is 28.0 Å². The molecule has 1 aliphatic heterocycles. The average Bonchev–Trinajstić information content (AvgIpc) is 3.04. The second-order valence-corrected chi connectivity index (χ2v) is 7.20. The Balaban J connectivity index is 1.72. The van der Waals surface area contributed by atoms with Crippen molar-refractivity contribution in [3.05, 3.63) is 29.8 Å². The smallest absolute Gasteiger partial charge is 0.338 e. The summed E-state index contributed by atoms with van der Waals surface area (Å²) in [5.41, 5.74) is -1.62. The van der Waals surface area contributed by atoms with Crippen molar-refractivity contribution in [1.29, 1.82) is 5.26 Å². The van der Waals surface area contributed by atoms with Gasteiger partial charge in [-0.3, -0.25) is 9.59 Å². The van der Waals surface area contributed by atoms with Gasteiger partial charge in [0.25, 0.3) is 0 Å². The highest BCUT2D eigenvalue weighted by molar-refractivity contribution is 6.00. The van der Waals surface area contributed by atoms with Gasteiger partial charge in [-0.15, -0.1) is 0 Å². The van der Waals surface area contributed by atoms with Crippen LogP contribution >= 0.6 is 0 Å². The number of carbonyl (C=O) groups is 2. The van der Waals surface area contributed by atoms with Crippen LogP contribution in [-0.2, 0) is 15.8 Å². The van der Waals surface area contributed by atoms with E-state index in [1.807, 2.05) is 0 Å². The molecular formula is C19H20F3N3O2. The third-order valence-corrected chi connectivity index (χ3v) is 5.26. The van der Waals surface area contributed by atoms with E-state index >= 15 is 0 Å². The number of carbonyl (C=O) groups excluding carboxylic acids is 2. The largest absolute Gasteiger partial charge is 0.416 e. The molecule has 8 heteroatoms. The SMILES string of the molecule is N#CC1(NC(=O)[C@@H]2CC(=O)N(c3cccc(C(F)(F)F)c3)C2)CCCCC1. The Hall–Kier alpha value is -2.56. The van der Waals surface area contributed by atoms with E-state index in [2.05, 4.69) is 11.4 Å². The Labute approximate surface area is 155 Å². The zero-order valence-electron chi connectivity index (χ0n) is 14.7. The number of anilines is 1. The van der Waals surface area contributed by atoms with Crippen LogP contribution < -0.4 is 10.2 Å². The van der Waals surface area contributed by atoms with Gasteiger partial charge in [0.15, 0.2) is 0 Å². The van der Waals surface area contributed by atoms with E-state index in [1.165, 1.54) is 17.0 Å². The van der Waals surface area contributed by atoms with Crippen LogP contribution in [0.2, 0.25) is 0 Å². The number of amides is 2. The maximum atomic E-state index is 12.9. The number of halogens is 3. The molecular weight excluding hydrogens is 359 g/mol. The molecule has 5 nitrogen and oxygen atoms in total. The predicted octanol–water partition coefficient (Wildman–Crippen LogP) is 3.40. The van der Waals surface area contributed by atoms with Gasteiger partial charge in [-0.2, -0.15) is 18.4 Å². The lowest BCUT2D eigenvalue weighted by molar-refractivity contribution is -0.137. The fraction of sp³-hybridized carbons (Fsp3) is 0.526. The molecule has 1 saturated heterocycles. The standard InChI is InChI=1S/C19H20F3N3O2/c20-19(21,22)14-5-4-6-15(10-14)25-11-13(9-16(25)26)17(27)24-18(12-23)7-2-1-3-8-18/h4-6,10,13H,1-3,7-9,11H2,(H,24,27)/t13-/m1/s1. The van der Waals surface area contributed by atoms with Crippen LogP contribution in [0.4, 0.5) is 18.9 Å². The van der Waals surface area contributed by atoms with Gasteiger partial charge in [0.2, 0.25) is 11.8 Å². The molecule has 0 unspecified atom stereocenters. The van der Waals surface area contributed by atoms with Crippen molar-refractivity contribution in [3.8, 4) is 6.07 Å². The number of nitrogens with one attached hydrogen (secondary N) is 1. The molecule has 2 aliphatic rings. The first-order valence-corrected chi connectivity index (χ1v) is 8.95. The lowest BCUT2D eigenvalue weighted by atomic mass is 9.82. The molecule has 1 heterocycles. The van der Waals surface area contributed by atoms with Crippen molar-refractivity contribution in [2.45, 2.75) is 50.2 Å². The van der Waals surface area contributed by atoms with Gasteiger partial charge in [-0.05, 0) is 31.0 Å². The summed E-state index contributed by atoms with van der Waals surface area (Å²) in [6.45, 7) is 0.00743. The number of nitriles is 1. The normalized spacial score (nSPS) is 22.4. The first kappa shape index (κ1) is 19.2. The van der Waals surface area contributed by atoms with Crippen LogP contribution in [0.5, 0.6) is 0 Å². The van der Waals surface area contributed by atoms with Gasteiger partial charge in [-0.1, -0.05) is 25.3 Å². The Morgan fingerprint density at radius 1 is 1.26 bits per heavy atom. The minimum Gasteiger partial charge on any atom is -0.338 e. The fourth-order valence-electron chi connectivity index (χ4n) is 3.74. The highest BCUT2D eigenvalue weighted by atomic mass is 19.4. The molecule has 3 rings (SSSR count). The van der Waals surface area contributed by atoms with Gasteiger partial charge in [-0.25, -0.2) is 0 Å². The lowest BCUT2D eigenvalue weighted by Gasteiger charge is -2.32. The third kappa shape index (κ3) is 4.07. The first-order valence-electron chi connectivity index (χ1n) is 8.95. The quantitative estimate of drug-likeness (QED) is 0.875. The van der Waals surface area contributed by atoms with Gasteiger partial charge in [0.05, 0.1) is 17.6 Å². The minimum absolute atomic E-state index is 0.00743. The van der Waals surface area contributed by atoms with Crippen molar-refractivity contribution >= 4 is 17.5 Å². The van der Waals surface area contributed by atoms with Crippen LogP contribution in [0.15, 0.2) is 24.3 Å². The zero-order valence-corrected chi connectivity index (χ0v) is 14.7. The summed E-state index contributed by atoms with van der Waals surface area (Å²) in [4.78, 5) is 26.1. The monoisotopic (exact) mass is 379 g/mol. The van der Waals surface area contributed by atoms with Crippen LogP contribution in [0.1, 0.15) is 44.1 Å². The summed E-state index contributed by atoms with van der Waals surface area (Å²) in [7, 11) is 0. The molecule has 1 atom stereocenters. The number of alkyl halides is 3. The van der Waals surface area contributed by atoms with E-state index in [4.69, 9.17) is 0 Å². The summed E-state index contributed by atoms with van der Waals surface area (Å²) in [5.74, 6) is -1.47. The molecule has 1 aliphatic carbocycles. The second-order valence-electron chi connectivity index (χ2n) is 7.20. The van der Waals surface area contributed by atoms with E-state index in [0.29, 0.717) is 12.8 Å². The maximum Gasteiger partial charge on any atom is 0.416 e. The summed E-state index contributed by atoms with van der Waals surface area (Å²) in [6.07, 6.45) is -0.702. The van der Waals surface area contributed by atoms with Gasteiger partial charge < -0.3 is 10.2 Å². The van der Waals surface area contributed by atoms with Gasteiger partial charge in [0, 0.05) is 18.7 Å². The Morgan fingerprint density at radius 3 is 2.59 bits per heavy atom. The van der Waals surface area contributed by atoms with Crippen molar-refractivity contribution in [2.24, 2.45) is 5.92 Å². The van der Waals surface area contributed by atoms with Gasteiger partial charge in [0.1, 0.15) is 5.54 Å². The molecule has 0 aromatic heterocycles. The van der Waals surface area contributed by atoms with Crippen LogP contribution in [0.3, 0.4) is 0 Å². The molecule has 2 amide bonds. The molecule has 0 radical (unpaired) electrons. The second kappa shape index (κ2) is 7.22. The molecule has 27 heavy (non-hydrogen) atoms. The number of nitrogens with zero attached hydrogens (tertiary/aromatic N) is 2. The summed E-state index contributed by atoms with van der Waals surface area (Å²) in [5, 5.41) is 12.3. The minimum atomic E-state index is -4.50. The van der Waals surface area contributed by atoms with E-state index in [-0.39, 0.29) is 24.6 Å². The fourth-order valence-corrected chi connectivity index (χ4v) is 3.74. The number of hydrogen-bond acceptors (Lipinski definition) is 3. The van der Waals surface area contributed by atoms with Crippen LogP contribution in [-0.4, -0.2) is 23.9 Å². The molecule has 0 spiro atoms. The van der Waals surface area contributed by atoms with Crippen molar-refractivity contribution in [2.75, 3.05) is 11.4 Å². The highest BCUT2D eigenvalue weighted by Crippen LogP contribution is 2.34. The molecule has 1 saturated carbocycles. The van der Waals surface area contributed by atoms with Crippen LogP contribution in [0, 0.1) is 17.2 Å². The Morgan fingerprint density at radius 2 is 1.96 bits per heavy atom.